The molecule has 1 N–H and O–H groups in total. The van der Waals surface area contributed by atoms with E-state index in [-0.39, 0.29) is 0 Å². The van der Waals surface area contributed by atoms with Crippen molar-refractivity contribution < 1.29 is 0 Å². The van der Waals surface area contributed by atoms with Crippen LogP contribution in [0.25, 0.3) is 0 Å². The fourth-order valence-electron chi connectivity index (χ4n) is 1.79. The predicted octanol–water partition coefficient (Wildman–Crippen LogP) is 1.48. The fraction of sp³-hybridized carbons (Fsp3) is 0.636. The van der Waals surface area contributed by atoms with Crippen molar-refractivity contribution in [2.75, 3.05) is 6.54 Å². The number of hydrogen-bond acceptors (Lipinski definition) is 3. The van der Waals surface area contributed by atoms with E-state index in [4.69, 9.17) is 0 Å². The molecule has 1 aromatic rings. The minimum atomic E-state index is 0.829. The lowest BCUT2D eigenvalue weighted by Crippen LogP contribution is -2.23. The summed E-state index contributed by atoms with van der Waals surface area (Å²) in [6.07, 6.45) is 6.72. The van der Waals surface area contributed by atoms with Gasteiger partial charge < -0.3 is 5.32 Å². The van der Waals surface area contributed by atoms with Crippen molar-refractivity contribution in [1.29, 1.82) is 0 Å². The number of amidine groups is 1. The van der Waals surface area contributed by atoms with Crippen molar-refractivity contribution in [2.45, 2.75) is 32.2 Å². The maximum absolute atomic E-state index is 4.53. The first kappa shape index (κ1) is 10.2. The van der Waals surface area contributed by atoms with Gasteiger partial charge in [0.05, 0.1) is 18.1 Å². The standard InChI is InChI=1S/C11H18N4/c1-15-10(6-8-14-15)9-13-11-5-3-2-4-7-12-11/h6,8H,2-5,7,9H2,1H3,(H,12,13). The molecule has 0 saturated heterocycles. The third-order valence-corrected chi connectivity index (χ3v) is 2.77. The minimum absolute atomic E-state index is 0.829. The largest absolute Gasteiger partial charge is 0.368 e. The molecule has 0 atom stereocenters. The van der Waals surface area contributed by atoms with Crippen LogP contribution >= 0.6 is 0 Å². The first-order valence-electron chi connectivity index (χ1n) is 5.60. The van der Waals surface area contributed by atoms with E-state index in [2.05, 4.69) is 15.4 Å². The van der Waals surface area contributed by atoms with E-state index in [0.29, 0.717) is 0 Å². The summed E-state index contributed by atoms with van der Waals surface area (Å²) in [5.41, 5.74) is 1.20. The van der Waals surface area contributed by atoms with Crippen LogP contribution in [-0.2, 0) is 13.6 Å². The molecule has 0 aromatic carbocycles. The normalized spacial score (nSPS) is 17.0. The first-order chi connectivity index (χ1) is 7.36. The molecule has 15 heavy (non-hydrogen) atoms. The Morgan fingerprint density at radius 3 is 3.13 bits per heavy atom. The van der Waals surface area contributed by atoms with Gasteiger partial charge in [-0.05, 0) is 18.9 Å². The number of rotatable bonds is 2. The Labute approximate surface area is 90.4 Å². The number of nitrogens with zero attached hydrogens (tertiary/aromatic N) is 3. The molecule has 1 aliphatic rings. The number of aliphatic imine (C=N–C) groups is 1. The van der Waals surface area contributed by atoms with E-state index >= 15 is 0 Å². The summed E-state index contributed by atoms with van der Waals surface area (Å²) in [6.45, 7) is 1.81. The van der Waals surface area contributed by atoms with Crippen LogP contribution in [0.3, 0.4) is 0 Å². The summed E-state index contributed by atoms with van der Waals surface area (Å²) in [4.78, 5) is 4.53. The van der Waals surface area contributed by atoms with Gasteiger partial charge in [0, 0.05) is 26.2 Å². The van der Waals surface area contributed by atoms with Crippen molar-refractivity contribution in [3.63, 3.8) is 0 Å². The molecule has 2 heterocycles. The average Bonchev–Trinajstić information content (AvgIpc) is 2.53. The molecule has 1 aromatic heterocycles. The highest BCUT2D eigenvalue weighted by Gasteiger charge is 2.04. The Kier molecular flexibility index (Phi) is 3.37. The second kappa shape index (κ2) is 4.96. The minimum Gasteiger partial charge on any atom is -0.368 e. The maximum atomic E-state index is 4.53. The zero-order valence-electron chi connectivity index (χ0n) is 9.24. The SMILES string of the molecule is Cn1nccc1CNC1=NCCCCC1. The third kappa shape index (κ3) is 2.81. The van der Waals surface area contributed by atoms with Gasteiger partial charge in [0.2, 0.25) is 0 Å². The van der Waals surface area contributed by atoms with Crippen LogP contribution in [0.1, 0.15) is 31.4 Å². The lowest BCUT2D eigenvalue weighted by atomic mass is 10.2. The van der Waals surface area contributed by atoms with Crippen molar-refractivity contribution >= 4 is 5.84 Å². The van der Waals surface area contributed by atoms with E-state index < -0.39 is 0 Å². The molecule has 0 bridgehead atoms. The predicted molar refractivity (Wildman–Crippen MR) is 60.8 cm³/mol. The second-order valence-corrected chi connectivity index (χ2v) is 3.94. The molecule has 0 amide bonds. The first-order valence-corrected chi connectivity index (χ1v) is 5.60. The highest BCUT2D eigenvalue weighted by Crippen LogP contribution is 2.06. The molecule has 0 fully saturated rings. The number of nitrogens with one attached hydrogen (secondary N) is 1. The molecule has 0 radical (unpaired) electrons. The summed E-state index contributed by atoms with van der Waals surface area (Å²) in [7, 11) is 1.96. The number of aromatic nitrogens is 2. The van der Waals surface area contributed by atoms with Crippen LogP contribution in [0.4, 0.5) is 0 Å². The zero-order chi connectivity index (χ0) is 10.5. The summed E-state index contributed by atoms with van der Waals surface area (Å²) in [5.74, 6) is 1.16. The van der Waals surface area contributed by atoms with Gasteiger partial charge in [0.1, 0.15) is 0 Å². The smallest absolute Gasteiger partial charge is 0.0966 e. The number of hydrogen-bond donors (Lipinski definition) is 1. The second-order valence-electron chi connectivity index (χ2n) is 3.94. The van der Waals surface area contributed by atoms with Crippen LogP contribution in [0.2, 0.25) is 0 Å². The molecule has 82 valence electrons. The third-order valence-electron chi connectivity index (χ3n) is 2.77. The molecule has 0 aliphatic carbocycles. The van der Waals surface area contributed by atoms with E-state index in [9.17, 15) is 0 Å². The van der Waals surface area contributed by atoms with Gasteiger partial charge in [-0.3, -0.25) is 9.67 Å². The van der Waals surface area contributed by atoms with Crippen LogP contribution in [0.15, 0.2) is 17.3 Å². The topological polar surface area (TPSA) is 42.2 Å². The lowest BCUT2D eigenvalue weighted by molar-refractivity contribution is 0.687. The van der Waals surface area contributed by atoms with Crippen molar-refractivity contribution in [3.8, 4) is 0 Å². The lowest BCUT2D eigenvalue weighted by Gasteiger charge is -2.08. The molecular weight excluding hydrogens is 188 g/mol. The number of aryl methyl sites for hydroxylation is 1. The average molecular weight is 206 g/mol. The Hall–Kier alpha value is -1.32. The Morgan fingerprint density at radius 2 is 2.33 bits per heavy atom. The molecular formula is C11H18N4. The molecule has 0 unspecified atom stereocenters. The molecule has 0 saturated carbocycles. The van der Waals surface area contributed by atoms with E-state index in [1.807, 2.05) is 24.0 Å². The van der Waals surface area contributed by atoms with Gasteiger partial charge >= 0.3 is 0 Å². The van der Waals surface area contributed by atoms with E-state index in [1.54, 1.807) is 0 Å². The monoisotopic (exact) mass is 206 g/mol. The van der Waals surface area contributed by atoms with Gasteiger partial charge in [0.15, 0.2) is 0 Å². The van der Waals surface area contributed by atoms with Crippen LogP contribution in [0, 0.1) is 0 Å². The van der Waals surface area contributed by atoms with E-state index in [0.717, 1.165) is 25.3 Å². The summed E-state index contributed by atoms with van der Waals surface area (Å²) in [6, 6.07) is 2.03. The quantitative estimate of drug-likeness (QED) is 0.796. The van der Waals surface area contributed by atoms with Gasteiger partial charge in [-0.15, -0.1) is 0 Å². The fourth-order valence-corrected chi connectivity index (χ4v) is 1.79. The van der Waals surface area contributed by atoms with Crippen LogP contribution in [0.5, 0.6) is 0 Å². The summed E-state index contributed by atoms with van der Waals surface area (Å²) >= 11 is 0. The molecule has 0 spiro atoms. The van der Waals surface area contributed by atoms with Crippen molar-refractivity contribution in [1.82, 2.24) is 15.1 Å². The molecule has 2 rings (SSSR count). The van der Waals surface area contributed by atoms with Crippen LogP contribution in [-0.4, -0.2) is 22.2 Å². The van der Waals surface area contributed by atoms with Crippen molar-refractivity contribution in [3.05, 3.63) is 18.0 Å². The molecule has 4 heteroatoms. The van der Waals surface area contributed by atoms with Gasteiger partial charge in [0.25, 0.3) is 0 Å². The van der Waals surface area contributed by atoms with Gasteiger partial charge in [-0.1, -0.05) is 6.42 Å². The van der Waals surface area contributed by atoms with Crippen molar-refractivity contribution in [2.24, 2.45) is 12.0 Å². The summed E-state index contributed by atoms with van der Waals surface area (Å²) in [5, 5.41) is 7.53. The molecule has 4 nitrogen and oxygen atoms in total. The Balaban J connectivity index is 1.87. The summed E-state index contributed by atoms with van der Waals surface area (Å²) < 4.78 is 1.89. The Morgan fingerprint density at radius 1 is 1.40 bits per heavy atom. The Bertz CT molecular complexity index is 340. The maximum Gasteiger partial charge on any atom is 0.0966 e. The van der Waals surface area contributed by atoms with Gasteiger partial charge in [-0.2, -0.15) is 5.10 Å². The van der Waals surface area contributed by atoms with E-state index in [1.165, 1.54) is 25.0 Å². The highest BCUT2D eigenvalue weighted by atomic mass is 15.3. The zero-order valence-corrected chi connectivity index (χ0v) is 9.24. The highest BCUT2D eigenvalue weighted by molar-refractivity contribution is 5.82. The van der Waals surface area contributed by atoms with Crippen LogP contribution < -0.4 is 5.32 Å². The molecule has 1 aliphatic heterocycles. The van der Waals surface area contributed by atoms with Gasteiger partial charge in [-0.25, -0.2) is 0 Å².